The van der Waals surface area contributed by atoms with E-state index in [1.54, 1.807) is 0 Å². The van der Waals surface area contributed by atoms with Crippen molar-refractivity contribution >= 4 is 17.3 Å². The molecule has 0 bridgehead atoms. The van der Waals surface area contributed by atoms with Gasteiger partial charge in [0.05, 0.1) is 6.10 Å². The number of hydrogen-bond donors (Lipinski definition) is 3. The number of aromatic nitrogens is 2. The molecule has 0 aliphatic rings. The van der Waals surface area contributed by atoms with Gasteiger partial charge in [-0.3, -0.25) is 0 Å². The zero-order valence-electron chi connectivity index (χ0n) is 10.8. The van der Waals surface area contributed by atoms with Crippen molar-refractivity contribution in [3.63, 3.8) is 0 Å². The van der Waals surface area contributed by atoms with Gasteiger partial charge in [0.1, 0.15) is 17.4 Å². The maximum absolute atomic E-state index is 5.78. The van der Waals surface area contributed by atoms with Crippen LogP contribution in [0.2, 0.25) is 0 Å². The van der Waals surface area contributed by atoms with Crippen LogP contribution in [0, 0.1) is 6.92 Å². The van der Waals surface area contributed by atoms with Crippen LogP contribution < -0.4 is 15.8 Å². The molecule has 1 heterocycles. The summed E-state index contributed by atoms with van der Waals surface area (Å²) in [5.41, 5.74) is 6.70. The Hall–Kier alpha value is -2.17. The second-order valence-corrected chi connectivity index (χ2v) is 4.40. The first-order chi connectivity index (χ1) is 8.54. The van der Waals surface area contributed by atoms with Gasteiger partial charge in [-0.2, -0.15) is 0 Å². The Bertz CT molecular complexity index is 516. The number of H-pyrrole nitrogens is 1. The van der Waals surface area contributed by atoms with Crippen LogP contribution in [-0.2, 0) is 0 Å². The van der Waals surface area contributed by atoms with Crippen molar-refractivity contribution in [3.8, 4) is 5.75 Å². The third kappa shape index (κ3) is 2.94. The number of ether oxygens (including phenoxy) is 1. The van der Waals surface area contributed by atoms with E-state index in [2.05, 4.69) is 15.3 Å². The molecule has 2 aromatic rings. The number of benzene rings is 1. The van der Waals surface area contributed by atoms with Crippen molar-refractivity contribution in [2.24, 2.45) is 0 Å². The highest BCUT2D eigenvalue weighted by atomic mass is 16.5. The van der Waals surface area contributed by atoms with Crippen molar-refractivity contribution in [2.45, 2.75) is 26.9 Å². The second-order valence-electron chi connectivity index (χ2n) is 4.40. The monoisotopic (exact) mass is 246 g/mol. The molecule has 5 heteroatoms. The summed E-state index contributed by atoms with van der Waals surface area (Å²) in [5.74, 6) is 2.82. The van der Waals surface area contributed by atoms with Gasteiger partial charge in [0.15, 0.2) is 5.82 Å². The van der Waals surface area contributed by atoms with Gasteiger partial charge in [0.2, 0.25) is 0 Å². The molecule has 0 fully saturated rings. The first kappa shape index (κ1) is 12.3. The summed E-state index contributed by atoms with van der Waals surface area (Å²) in [5, 5.41) is 3.15. The number of hydrogen-bond acceptors (Lipinski definition) is 4. The average Bonchev–Trinajstić information content (AvgIpc) is 2.59. The summed E-state index contributed by atoms with van der Waals surface area (Å²) >= 11 is 0. The highest BCUT2D eigenvalue weighted by Gasteiger charge is 2.05. The molecule has 0 aliphatic carbocycles. The van der Waals surface area contributed by atoms with Crippen molar-refractivity contribution in [3.05, 3.63) is 30.1 Å². The molecule has 18 heavy (non-hydrogen) atoms. The number of nitrogens with one attached hydrogen (secondary N) is 2. The largest absolute Gasteiger partial charge is 0.491 e. The summed E-state index contributed by atoms with van der Waals surface area (Å²) in [4.78, 5) is 7.20. The number of nitrogens with two attached hydrogens (primary N) is 1. The Labute approximate surface area is 106 Å². The molecule has 0 aliphatic heterocycles. The Morgan fingerprint density at radius 2 is 1.94 bits per heavy atom. The molecule has 0 spiro atoms. The Kier molecular flexibility index (Phi) is 3.41. The molecule has 96 valence electrons. The fourth-order valence-electron chi connectivity index (χ4n) is 1.63. The van der Waals surface area contributed by atoms with E-state index < -0.39 is 0 Å². The van der Waals surface area contributed by atoms with Crippen molar-refractivity contribution in [1.29, 1.82) is 0 Å². The van der Waals surface area contributed by atoms with Crippen LogP contribution in [0.1, 0.15) is 19.7 Å². The number of imidazole rings is 1. The number of aryl methyl sites for hydroxylation is 1. The molecule has 0 saturated carbocycles. The number of anilines is 3. The summed E-state index contributed by atoms with van der Waals surface area (Å²) in [6.07, 6.45) is 0.174. The van der Waals surface area contributed by atoms with Gasteiger partial charge in [-0.15, -0.1) is 0 Å². The third-order valence-electron chi connectivity index (χ3n) is 2.34. The number of rotatable bonds is 4. The molecule has 2 rings (SSSR count). The van der Waals surface area contributed by atoms with Crippen LogP contribution in [0.15, 0.2) is 24.3 Å². The van der Waals surface area contributed by atoms with E-state index in [0.29, 0.717) is 11.6 Å². The molecule has 0 amide bonds. The van der Waals surface area contributed by atoms with Gasteiger partial charge < -0.3 is 20.8 Å². The molecule has 0 unspecified atom stereocenters. The standard InChI is InChI=1S/C13H18N4O/c1-8(2)18-11-6-4-10(5-7-11)17-13-12(14)15-9(3)16-13/h4-8,17H,14H2,1-3H3,(H,15,16). The molecular formula is C13H18N4O. The van der Waals surface area contributed by atoms with Crippen LogP contribution in [0.4, 0.5) is 17.3 Å². The van der Waals surface area contributed by atoms with Crippen molar-refractivity contribution < 1.29 is 4.74 Å². The van der Waals surface area contributed by atoms with Gasteiger partial charge in [-0.1, -0.05) is 0 Å². The van der Waals surface area contributed by atoms with Crippen molar-refractivity contribution in [1.82, 2.24) is 9.97 Å². The first-order valence-electron chi connectivity index (χ1n) is 5.90. The maximum atomic E-state index is 5.78. The smallest absolute Gasteiger partial charge is 0.173 e. The normalized spacial score (nSPS) is 10.7. The molecular weight excluding hydrogens is 228 g/mol. The zero-order chi connectivity index (χ0) is 13.1. The number of nitrogens with zero attached hydrogens (tertiary/aromatic N) is 1. The predicted octanol–water partition coefficient (Wildman–Crippen LogP) is 2.83. The fraction of sp³-hybridized carbons (Fsp3) is 0.308. The molecule has 1 aromatic heterocycles. The number of aromatic amines is 1. The van der Waals surface area contributed by atoms with Crippen molar-refractivity contribution in [2.75, 3.05) is 11.1 Å². The highest BCUT2D eigenvalue weighted by Crippen LogP contribution is 2.22. The third-order valence-corrected chi connectivity index (χ3v) is 2.34. The topological polar surface area (TPSA) is 76.0 Å². The van der Waals surface area contributed by atoms with Crippen LogP contribution in [0.5, 0.6) is 5.75 Å². The highest BCUT2D eigenvalue weighted by molar-refractivity contribution is 5.66. The van der Waals surface area contributed by atoms with Crippen LogP contribution in [0.25, 0.3) is 0 Å². The summed E-state index contributed by atoms with van der Waals surface area (Å²) in [6, 6.07) is 7.69. The molecule has 1 aromatic carbocycles. The van der Waals surface area contributed by atoms with Gasteiger partial charge in [0.25, 0.3) is 0 Å². The SMILES string of the molecule is Cc1nc(Nc2ccc(OC(C)C)cc2)c(N)[nH]1. The summed E-state index contributed by atoms with van der Waals surface area (Å²) in [6.45, 7) is 5.86. The minimum atomic E-state index is 0.174. The number of nitrogen functional groups attached to an aromatic ring is 1. The maximum Gasteiger partial charge on any atom is 0.173 e. The average molecular weight is 246 g/mol. The zero-order valence-corrected chi connectivity index (χ0v) is 10.8. The van der Waals surface area contributed by atoms with Gasteiger partial charge in [-0.05, 0) is 45.0 Å². The Balaban J connectivity index is 2.08. The van der Waals surface area contributed by atoms with E-state index >= 15 is 0 Å². The second kappa shape index (κ2) is 5.00. The Morgan fingerprint density at radius 3 is 2.44 bits per heavy atom. The Morgan fingerprint density at radius 1 is 1.28 bits per heavy atom. The van der Waals surface area contributed by atoms with E-state index in [1.165, 1.54) is 0 Å². The van der Waals surface area contributed by atoms with E-state index in [-0.39, 0.29) is 6.10 Å². The van der Waals surface area contributed by atoms with E-state index in [4.69, 9.17) is 10.5 Å². The lowest BCUT2D eigenvalue weighted by atomic mass is 10.3. The first-order valence-corrected chi connectivity index (χ1v) is 5.90. The van der Waals surface area contributed by atoms with Gasteiger partial charge >= 0.3 is 0 Å². The van der Waals surface area contributed by atoms with Crippen LogP contribution >= 0.6 is 0 Å². The van der Waals surface area contributed by atoms with Crippen LogP contribution in [0.3, 0.4) is 0 Å². The lowest BCUT2D eigenvalue weighted by molar-refractivity contribution is 0.242. The predicted molar refractivity (Wildman–Crippen MR) is 73.2 cm³/mol. The van der Waals surface area contributed by atoms with E-state index in [1.807, 2.05) is 45.0 Å². The summed E-state index contributed by atoms with van der Waals surface area (Å²) in [7, 11) is 0. The lowest BCUT2D eigenvalue weighted by Crippen LogP contribution is -2.05. The molecule has 0 saturated heterocycles. The van der Waals surface area contributed by atoms with Crippen LogP contribution in [-0.4, -0.2) is 16.1 Å². The van der Waals surface area contributed by atoms with Gasteiger partial charge in [0, 0.05) is 5.69 Å². The molecule has 5 nitrogen and oxygen atoms in total. The lowest BCUT2D eigenvalue weighted by Gasteiger charge is -2.10. The molecule has 0 radical (unpaired) electrons. The fourth-order valence-corrected chi connectivity index (χ4v) is 1.63. The molecule has 0 atom stereocenters. The minimum absolute atomic E-state index is 0.174. The molecule has 4 N–H and O–H groups in total. The summed E-state index contributed by atoms with van der Waals surface area (Å²) < 4.78 is 5.57. The minimum Gasteiger partial charge on any atom is -0.491 e. The van der Waals surface area contributed by atoms with E-state index in [0.717, 1.165) is 17.3 Å². The van der Waals surface area contributed by atoms with Gasteiger partial charge in [-0.25, -0.2) is 4.98 Å². The quantitative estimate of drug-likeness (QED) is 0.775. The van der Waals surface area contributed by atoms with E-state index in [9.17, 15) is 0 Å².